The molecule has 2 atom stereocenters. The Kier molecular flexibility index (Phi) is 8.68. The van der Waals surface area contributed by atoms with Gasteiger partial charge in [0.15, 0.2) is 15.5 Å². The van der Waals surface area contributed by atoms with E-state index >= 15 is 8.78 Å². The Labute approximate surface area is 272 Å². The van der Waals surface area contributed by atoms with E-state index in [1.54, 1.807) is 0 Å². The van der Waals surface area contributed by atoms with Gasteiger partial charge in [-0.05, 0) is 91.4 Å². The van der Waals surface area contributed by atoms with Crippen LogP contribution in [0, 0.1) is 9.49 Å². The topological polar surface area (TPSA) is 83.9 Å². The highest BCUT2D eigenvalue weighted by atomic mass is 127. The number of alkyl halides is 8. The average molecular weight is 794 g/mol. The Morgan fingerprint density at radius 2 is 1.57 bits per heavy atom. The monoisotopic (exact) mass is 793 g/mol. The van der Waals surface area contributed by atoms with Crippen LogP contribution in [0.5, 0.6) is 5.75 Å². The number of carbonyl (C=O) groups is 1. The van der Waals surface area contributed by atoms with Gasteiger partial charge in [-0.1, -0.05) is 18.7 Å². The van der Waals surface area contributed by atoms with Crippen LogP contribution in [-0.4, -0.2) is 61.5 Å². The number of carbonyl (C=O) groups excluding carboxylic acids is 1. The number of sulfone groups is 1. The summed E-state index contributed by atoms with van der Waals surface area (Å²) in [7, 11) is -4.64. The second-order valence-corrected chi connectivity index (χ2v) is 15.3. The number of aliphatic hydroxyl groups excluding tert-OH is 1. The summed E-state index contributed by atoms with van der Waals surface area (Å²) in [5.74, 6) is -2.36. The van der Waals surface area contributed by atoms with E-state index in [-0.39, 0.29) is 73.4 Å². The van der Waals surface area contributed by atoms with Crippen LogP contribution in [0.25, 0.3) is 0 Å². The van der Waals surface area contributed by atoms with Crippen molar-refractivity contribution in [3.05, 3.63) is 69.5 Å². The number of fused-ring (bicyclic) bond motifs is 3. The van der Waals surface area contributed by atoms with Crippen LogP contribution < -0.4 is 4.74 Å². The maximum Gasteiger partial charge on any atom is 0.435 e. The zero-order chi connectivity index (χ0) is 34.1. The van der Waals surface area contributed by atoms with Gasteiger partial charge in [-0.3, -0.25) is 4.79 Å². The fourth-order valence-electron chi connectivity index (χ4n) is 6.89. The minimum absolute atomic E-state index is 0.0304. The molecule has 16 heteroatoms. The second kappa shape index (κ2) is 11.5. The lowest BCUT2D eigenvalue weighted by Crippen LogP contribution is -2.66. The number of allylic oxidation sites excluding steroid dienone is 1. The highest BCUT2D eigenvalue weighted by molar-refractivity contribution is 14.1. The van der Waals surface area contributed by atoms with Crippen molar-refractivity contribution in [3.8, 4) is 5.75 Å². The van der Waals surface area contributed by atoms with Crippen molar-refractivity contribution in [2.24, 2.45) is 5.92 Å². The molecule has 252 valence electrons. The zero-order valence-corrected chi connectivity index (χ0v) is 26.9. The quantitative estimate of drug-likeness (QED) is 0.192. The molecular weight excluding hydrogens is 765 g/mol. The third-order valence-electron chi connectivity index (χ3n) is 9.37. The number of amides is 1. The van der Waals surface area contributed by atoms with Crippen molar-refractivity contribution >= 4 is 38.3 Å². The predicted molar refractivity (Wildman–Crippen MR) is 157 cm³/mol. The molecule has 2 unspecified atom stereocenters. The summed E-state index contributed by atoms with van der Waals surface area (Å²) in [6.45, 7) is 2.61. The summed E-state index contributed by atoms with van der Waals surface area (Å²) in [4.78, 5) is 14.7. The molecule has 46 heavy (non-hydrogen) atoms. The summed E-state index contributed by atoms with van der Waals surface area (Å²) in [5.41, 5.74) is -10.5. The molecule has 2 fully saturated rings. The zero-order valence-electron chi connectivity index (χ0n) is 23.9. The van der Waals surface area contributed by atoms with Gasteiger partial charge in [0, 0.05) is 27.2 Å². The van der Waals surface area contributed by atoms with Crippen LogP contribution in [0.1, 0.15) is 49.7 Å². The lowest BCUT2D eigenvalue weighted by molar-refractivity contribution is -0.348. The van der Waals surface area contributed by atoms with Crippen LogP contribution in [0.15, 0.2) is 59.7 Å². The van der Waals surface area contributed by atoms with Gasteiger partial charge in [-0.2, -0.15) is 26.3 Å². The first kappa shape index (κ1) is 34.7. The highest BCUT2D eigenvalue weighted by Crippen LogP contribution is 2.57. The van der Waals surface area contributed by atoms with Crippen LogP contribution in [0.2, 0.25) is 0 Å². The number of likely N-dealkylation sites (tertiary alicyclic amines) is 1. The molecule has 1 amide bonds. The largest absolute Gasteiger partial charge is 0.513 e. The normalized spacial score (nSPS) is 27.3. The number of rotatable bonds is 5. The molecule has 0 spiro atoms. The number of halogens is 9. The molecule has 5 rings (SSSR count). The van der Waals surface area contributed by atoms with E-state index in [0.717, 1.165) is 4.90 Å². The number of hydrogen-bond acceptors (Lipinski definition) is 5. The number of aliphatic hydroxyl groups is 1. The fourth-order valence-corrected chi connectivity index (χ4v) is 9.59. The predicted octanol–water partition coefficient (Wildman–Crippen LogP) is 7.60. The molecule has 0 aromatic heterocycles. The van der Waals surface area contributed by atoms with E-state index in [1.807, 2.05) is 22.6 Å². The van der Waals surface area contributed by atoms with Gasteiger partial charge in [0.25, 0.3) is 5.91 Å². The number of benzene rings is 2. The average Bonchev–Trinajstić information content (AvgIpc) is 2.98. The maximum atomic E-state index is 16.3. The van der Waals surface area contributed by atoms with Crippen molar-refractivity contribution < 1.29 is 58.2 Å². The lowest BCUT2D eigenvalue weighted by atomic mass is 9.76. The fraction of sp³-hybridized carbons (Fsp3) is 0.500. The molecule has 3 aliphatic rings. The van der Waals surface area contributed by atoms with E-state index in [0.29, 0.717) is 9.64 Å². The summed E-state index contributed by atoms with van der Waals surface area (Å²) in [6, 6.07) is 5.11. The molecule has 1 N–H and O–H groups in total. The molecule has 1 saturated carbocycles. The lowest BCUT2D eigenvalue weighted by Gasteiger charge is -2.53. The van der Waals surface area contributed by atoms with Crippen molar-refractivity contribution in [2.45, 2.75) is 77.9 Å². The standard InChI is InChI=1S/C30H28F8INO5S/c1-17(41)18-9-12-26(31,13-10-18)25(42)40-14-2-11-27(46(43,44)21-6-4-20(39)5-7-21)22-8-3-19(15-23(22)45-16-24(27)40)28(32,29(33,34)35)30(36,37)38/h3-8,15,18,24,41H,1-2,9-14,16H2/t18-,24?,26+,27?. The third kappa shape index (κ3) is 5.25. The Morgan fingerprint density at radius 3 is 2.11 bits per heavy atom. The smallest absolute Gasteiger partial charge is 0.435 e. The Morgan fingerprint density at radius 1 is 0.978 bits per heavy atom. The molecule has 1 saturated heterocycles. The number of piperidine rings is 1. The first-order chi connectivity index (χ1) is 21.2. The van der Waals surface area contributed by atoms with Gasteiger partial charge >= 0.3 is 18.0 Å². The number of hydrogen-bond donors (Lipinski definition) is 1. The van der Waals surface area contributed by atoms with E-state index < -0.39 is 74.1 Å². The first-order valence-corrected chi connectivity index (χ1v) is 16.7. The maximum absolute atomic E-state index is 16.3. The third-order valence-corrected chi connectivity index (χ3v) is 12.6. The van der Waals surface area contributed by atoms with Crippen LogP contribution in [0.3, 0.4) is 0 Å². The summed E-state index contributed by atoms with van der Waals surface area (Å²) >= 11 is 1.93. The molecule has 1 aliphatic carbocycles. The van der Waals surface area contributed by atoms with E-state index in [4.69, 9.17) is 4.74 Å². The van der Waals surface area contributed by atoms with E-state index in [1.165, 1.54) is 24.3 Å². The highest BCUT2D eigenvalue weighted by Gasteiger charge is 2.74. The van der Waals surface area contributed by atoms with Crippen molar-refractivity contribution in [2.75, 3.05) is 13.2 Å². The molecular formula is C30H28F8INO5S. The SMILES string of the molecule is C=C(O)[C@H]1CC[C@](F)(C(=O)N2CCCC3(S(=O)(=O)c4ccc(I)cc4)c4ccc(C(F)(C(F)(F)F)C(F)(F)F)cc4OCC23)CC1. The first-order valence-electron chi connectivity index (χ1n) is 14.2. The molecule has 2 aliphatic heterocycles. The second-order valence-electron chi connectivity index (χ2n) is 11.9. The number of ether oxygens (including phenoxy) is 1. The van der Waals surface area contributed by atoms with Gasteiger partial charge in [-0.25, -0.2) is 17.2 Å². The summed E-state index contributed by atoms with van der Waals surface area (Å²) in [5, 5.41) is 9.75. The van der Waals surface area contributed by atoms with Gasteiger partial charge in [0.1, 0.15) is 17.1 Å². The Hall–Kier alpha value is -2.63. The van der Waals surface area contributed by atoms with Crippen LogP contribution in [-0.2, 0) is 25.0 Å². The molecule has 2 heterocycles. The van der Waals surface area contributed by atoms with Gasteiger partial charge in [0.2, 0.25) is 0 Å². The molecule has 6 nitrogen and oxygen atoms in total. The summed E-state index contributed by atoms with van der Waals surface area (Å²) in [6.07, 6.45) is -13.6. The van der Waals surface area contributed by atoms with E-state index in [9.17, 15) is 44.7 Å². The van der Waals surface area contributed by atoms with E-state index in [2.05, 4.69) is 6.58 Å². The Balaban J connectivity index is 1.67. The van der Waals surface area contributed by atoms with Crippen LogP contribution in [0.4, 0.5) is 35.1 Å². The minimum Gasteiger partial charge on any atom is -0.513 e. The van der Waals surface area contributed by atoms with Crippen molar-refractivity contribution in [3.63, 3.8) is 0 Å². The van der Waals surface area contributed by atoms with Crippen LogP contribution >= 0.6 is 22.6 Å². The van der Waals surface area contributed by atoms with Crippen molar-refractivity contribution in [1.29, 1.82) is 0 Å². The molecule has 0 radical (unpaired) electrons. The Bertz CT molecular complexity index is 1620. The molecule has 2 aromatic rings. The van der Waals surface area contributed by atoms with Gasteiger partial charge < -0.3 is 14.7 Å². The minimum atomic E-state index is -6.42. The molecule has 0 bridgehead atoms. The summed E-state index contributed by atoms with van der Waals surface area (Å²) < 4.78 is 146. The van der Waals surface area contributed by atoms with Gasteiger partial charge in [-0.15, -0.1) is 0 Å². The molecule has 2 aromatic carbocycles. The van der Waals surface area contributed by atoms with Crippen molar-refractivity contribution in [1.82, 2.24) is 4.90 Å². The van der Waals surface area contributed by atoms with Gasteiger partial charge in [0.05, 0.1) is 16.7 Å². The number of nitrogens with zero attached hydrogens (tertiary/aromatic N) is 1.